The lowest BCUT2D eigenvalue weighted by Crippen LogP contribution is -2.11. The molecule has 6 heteroatoms. The van der Waals surface area contributed by atoms with Gasteiger partial charge in [-0.2, -0.15) is 4.98 Å². The Hall–Kier alpha value is -2.47. The summed E-state index contributed by atoms with van der Waals surface area (Å²) in [6.45, 7) is 2.06. The number of anilines is 1. The van der Waals surface area contributed by atoms with Crippen LogP contribution in [0.25, 0.3) is 22.2 Å². The molecule has 5 nitrogen and oxygen atoms in total. The molecule has 0 fully saturated rings. The Kier molecular flexibility index (Phi) is 4.83. The summed E-state index contributed by atoms with van der Waals surface area (Å²) in [5, 5.41) is 8.91. The molecule has 0 aliphatic carbocycles. The van der Waals surface area contributed by atoms with Gasteiger partial charge in [0.25, 0.3) is 5.89 Å². The molecular weight excluding hydrogens is 310 g/mol. The molecule has 0 spiro atoms. The number of amides is 1. The van der Waals surface area contributed by atoms with Crippen LogP contribution >= 0.6 is 11.3 Å². The van der Waals surface area contributed by atoms with E-state index in [4.69, 9.17) is 4.52 Å². The van der Waals surface area contributed by atoms with Gasteiger partial charge in [0.05, 0.1) is 16.1 Å². The first-order valence-corrected chi connectivity index (χ1v) is 8.42. The van der Waals surface area contributed by atoms with Crippen molar-refractivity contribution in [2.24, 2.45) is 0 Å². The highest BCUT2D eigenvalue weighted by Gasteiger charge is 2.15. The summed E-state index contributed by atoms with van der Waals surface area (Å²) >= 11 is 1.55. The van der Waals surface area contributed by atoms with Crippen LogP contribution in [0.3, 0.4) is 0 Å². The zero-order valence-electron chi connectivity index (χ0n) is 12.8. The molecule has 118 valence electrons. The smallest absolute Gasteiger partial charge is 0.260 e. The van der Waals surface area contributed by atoms with Gasteiger partial charge in [-0.15, -0.1) is 11.3 Å². The van der Waals surface area contributed by atoms with Crippen molar-refractivity contribution in [2.75, 3.05) is 5.32 Å². The lowest BCUT2D eigenvalue weighted by molar-refractivity contribution is -0.116. The second kappa shape index (κ2) is 7.19. The van der Waals surface area contributed by atoms with Gasteiger partial charge in [0.2, 0.25) is 11.7 Å². The highest BCUT2D eigenvalue weighted by Crippen LogP contribution is 2.29. The molecule has 3 aromatic rings. The number of hydrogen-bond acceptors (Lipinski definition) is 5. The minimum absolute atomic E-state index is 0.00250. The summed E-state index contributed by atoms with van der Waals surface area (Å²) in [7, 11) is 0. The number of nitrogens with one attached hydrogen (secondary N) is 1. The van der Waals surface area contributed by atoms with Gasteiger partial charge in [0.1, 0.15) is 0 Å². The van der Waals surface area contributed by atoms with E-state index in [1.54, 1.807) is 11.3 Å². The Morgan fingerprint density at radius 3 is 2.91 bits per heavy atom. The summed E-state index contributed by atoms with van der Waals surface area (Å²) < 4.78 is 5.37. The second-order valence-electron chi connectivity index (χ2n) is 5.10. The summed E-state index contributed by atoms with van der Waals surface area (Å²) in [4.78, 5) is 17.4. The van der Waals surface area contributed by atoms with Gasteiger partial charge in [-0.1, -0.05) is 36.7 Å². The topological polar surface area (TPSA) is 68.0 Å². The van der Waals surface area contributed by atoms with Gasteiger partial charge in [-0.3, -0.25) is 4.79 Å². The van der Waals surface area contributed by atoms with Gasteiger partial charge in [0, 0.05) is 6.42 Å². The Balaban J connectivity index is 1.84. The first kappa shape index (κ1) is 15.4. The molecule has 2 heterocycles. The third-order valence-corrected chi connectivity index (χ3v) is 4.22. The van der Waals surface area contributed by atoms with Crippen molar-refractivity contribution >= 4 is 22.9 Å². The number of nitrogens with zero attached hydrogens (tertiary/aromatic N) is 2. The second-order valence-corrected chi connectivity index (χ2v) is 6.05. The van der Waals surface area contributed by atoms with E-state index in [1.807, 2.05) is 41.8 Å². The van der Waals surface area contributed by atoms with Crippen molar-refractivity contribution in [2.45, 2.75) is 26.2 Å². The third kappa shape index (κ3) is 3.65. The predicted molar refractivity (Wildman–Crippen MR) is 91.2 cm³/mol. The van der Waals surface area contributed by atoms with E-state index in [-0.39, 0.29) is 5.91 Å². The van der Waals surface area contributed by atoms with Crippen molar-refractivity contribution < 1.29 is 9.32 Å². The van der Waals surface area contributed by atoms with Gasteiger partial charge in [-0.25, -0.2) is 0 Å². The number of benzene rings is 1. The van der Waals surface area contributed by atoms with Crippen molar-refractivity contribution in [3.63, 3.8) is 0 Å². The average Bonchev–Trinajstić information content (AvgIpc) is 3.24. The maximum Gasteiger partial charge on any atom is 0.260 e. The Morgan fingerprint density at radius 1 is 1.26 bits per heavy atom. The van der Waals surface area contributed by atoms with Gasteiger partial charge in [-0.05, 0) is 30.0 Å². The zero-order chi connectivity index (χ0) is 16.1. The summed E-state index contributed by atoms with van der Waals surface area (Å²) in [6, 6.07) is 11.3. The van der Waals surface area contributed by atoms with Crippen LogP contribution in [0.4, 0.5) is 5.69 Å². The number of hydrogen-bond donors (Lipinski definition) is 1. The number of rotatable bonds is 6. The maximum atomic E-state index is 12.0. The molecule has 1 aromatic carbocycles. The van der Waals surface area contributed by atoms with Crippen molar-refractivity contribution in [1.82, 2.24) is 10.1 Å². The fourth-order valence-electron chi connectivity index (χ4n) is 2.17. The standard InChI is InChI=1S/C17H17N3O2S/c1-2-3-10-15(21)18-13-8-5-4-7-12(13)17-19-16(20-22-17)14-9-6-11-23-14/h4-9,11H,2-3,10H2,1H3,(H,18,21). The van der Waals surface area contributed by atoms with E-state index < -0.39 is 0 Å². The molecule has 2 aromatic heterocycles. The number of para-hydroxylation sites is 1. The Labute approximate surface area is 138 Å². The number of unbranched alkanes of at least 4 members (excludes halogenated alkanes) is 1. The monoisotopic (exact) mass is 327 g/mol. The molecule has 0 bridgehead atoms. The molecule has 0 aliphatic rings. The molecule has 1 amide bonds. The normalized spacial score (nSPS) is 10.7. The molecule has 23 heavy (non-hydrogen) atoms. The van der Waals surface area contributed by atoms with Crippen LogP contribution < -0.4 is 5.32 Å². The fraction of sp³-hybridized carbons (Fsp3) is 0.235. The number of aromatic nitrogens is 2. The summed E-state index contributed by atoms with van der Waals surface area (Å²) in [5.41, 5.74) is 1.42. The van der Waals surface area contributed by atoms with Crippen LogP contribution in [-0.4, -0.2) is 16.0 Å². The van der Waals surface area contributed by atoms with E-state index in [1.165, 1.54) is 0 Å². The first-order valence-electron chi connectivity index (χ1n) is 7.54. The van der Waals surface area contributed by atoms with Crippen LogP contribution in [0.5, 0.6) is 0 Å². The van der Waals surface area contributed by atoms with Crippen molar-refractivity contribution in [3.8, 4) is 22.2 Å². The molecule has 0 aliphatic heterocycles. The highest BCUT2D eigenvalue weighted by atomic mass is 32.1. The minimum Gasteiger partial charge on any atom is -0.334 e. The van der Waals surface area contributed by atoms with Crippen LogP contribution in [0.2, 0.25) is 0 Å². The molecule has 3 rings (SSSR count). The molecule has 0 saturated heterocycles. The molecular formula is C17H17N3O2S. The van der Waals surface area contributed by atoms with Crippen LogP contribution in [0.1, 0.15) is 26.2 Å². The predicted octanol–water partition coefficient (Wildman–Crippen LogP) is 4.59. The number of thiophene rings is 1. The van der Waals surface area contributed by atoms with Gasteiger partial charge >= 0.3 is 0 Å². The van der Waals surface area contributed by atoms with Crippen molar-refractivity contribution in [3.05, 3.63) is 41.8 Å². The maximum absolute atomic E-state index is 12.0. The van der Waals surface area contributed by atoms with Crippen LogP contribution in [0, 0.1) is 0 Å². The van der Waals surface area contributed by atoms with E-state index in [0.29, 0.717) is 23.8 Å². The molecule has 0 atom stereocenters. The summed E-state index contributed by atoms with van der Waals surface area (Å²) in [6.07, 6.45) is 2.37. The fourth-order valence-corrected chi connectivity index (χ4v) is 2.82. The van der Waals surface area contributed by atoms with Crippen molar-refractivity contribution in [1.29, 1.82) is 0 Å². The molecule has 0 saturated carbocycles. The zero-order valence-corrected chi connectivity index (χ0v) is 13.6. The van der Waals surface area contributed by atoms with E-state index in [2.05, 4.69) is 22.4 Å². The Bertz CT molecular complexity index is 781. The SMILES string of the molecule is CCCCC(=O)Nc1ccccc1-c1nc(-c2cccs2)no1. The molecule has 0 unspecified atom stereocenters. The number of carbonyl (C=O) groups excluding carboxylic acids is 1. The van der Waals surface area contributed by atoms with Gasteiger partial charge < -0.3 is 9.84 Å². The average molecular weight is 327 g/mol. The van der Waals surface area contributed by atoms with Crippen LogP contribution in [0.15, 0.2) is 46.3 Å². The quantitative estimate of drug-likeness (QED) is 0.719. The van der Waals surface area contributed by atoms with E-state index >= 15 is 0 Å². The number of carbonyl (C=O) groups is 1. The largest absolute Gasteiger partial charge is 0.334 e. The third-order valence-electron chi connectivity index (χ3n) is 3.36. The van der Waals surface area contributed by atoms with E-state index in [0.717, 1.165) is 23.3 Å². The van der Waals surface area contributed by atoms with Crippen LogP contribution in [-0.2, 0) is 4.79 Å². The highest BCUT2D eigenvalue weighted by molar-refractivity contribution is 7.13. The Morgan fingerprint density at radius 2 is 2.13 bits per heavy atom. The molecule has 1 N–H and O–H groups in total. The van der Waals surface area contributed by atoms with Gasteiger partial charge in [0.15, 0.2) is 0 Å². The lowest BCUT2D eigenvalue weighted by atomic mass is 10.1. The minimum atomic E-state index is -0.00250. The first-order chi connectivity index (χ1) is 11.3. The van der Waals surface area contributed by atoms with E-state index in [9.17, 15) is 4.79 Å². The lowest BCUT2D eigenvalue weighted by Gasteiger charge is -2.07. The summed E-state index contributed by atoms with van der Waals surface area (Å²) in [5.74, 6) is 0.958. The molecule has 0 radical (unpaired) electrons.